The second-order valence-corrected chi connectivity index (χ2v) is 7.93. The molecule has 0 N–H and O–H groups in total. The number of ether oxygens (including phenoxy) is 1. The van der Waals surface area contributed by atoms with Crippen molar-refractivity contribution in [1.29, 1.82) is 5.26 Å². The Morgan fingerprint density at radius 1 is 1.12 bits per heavy atom. The Bertz CT molecular complexity index is 1310. The summed E-state index contributed by atoms with van der Waals surface area (Å²) in [6.07, 6.45) is 1.55. The van der Waals surface area contributed by atoms with E-state index in [1.807, 2.05) is 0 Å². The Morgan fingerprint density at radius 3 is 2.50 bits per heavy atom. The minimum Gasteiger partial charge on any atom is -0.465 e. The van der Waals surface area contributed by atoms with E-state index in [0.717, 1.165) is 0 Å². The third-order valence-corrected chi connectivity index (χ3v) is 5.61. The number of nitriles is 1. The molecule has 2 aromatic carbocycles. The van der Waals surface area contributed by atoms with Gasteiger partial charge in [0.1, 0.15) is 0 Å². The number of halogens is 2. The number of pyridine rings is 1. The minimum absolute atomic E-state index is 0.0312. The number of ketones is 1. The molecule has 0 saturated carbocycles. The van der Waals surface area contributed by atoms with Gasteiger partial charge in [0.15, 0.2) is 5.78 Å². The van der Waals surface area contributed by atoms with Crippen LogP contribution in [0, 0.1) is 11.3 Å². The number of hydrogen-bond donors (Lipinski definition) is 0. The SMILES string of the molecule is COC(=O)c1ccc(CC(=O)C(C)n2ccc(-c3cc(Cl)ccc3C#N)cc2=O)cc1Cl. The first kappa shape index (κ1) is 23.3. The van der Waals surface area contributed by atoms with E-state index < -0.39 is 12.0 Å². The first-order valence-corrected chi connectivity index (χ1v) is 10.3. The monoisotopic (exact) mass is 468 g/mol. The van der Waals surface area contributed by atoms with Crippen LogP contribution in [0.3, 0.4) is 0 Å². The second kappa shape index (κ2) is 9.82. The highest BCUT2D eigenvalue weighted by atomic mass is 35.5. The molecule has 0 aliphatic heterocycles. The van der Waals surface area contributed by atoms with Crippen molar-refractivity contribution in [2.45, 2.75) is 19.4 Å². The average molecular weight is 469 g/mol. The number of carbonyl (C=O) groups is 2. The van der Waals surface area contributed by atoms with E-state index in [9.17, 15) is 19.6 Å². The molecule has 0 bridgehead atoms. The van der Waals surface area contributed by atoms with Crippen LogP contribution in [0.2, 0.25) is 10.0 Å². The third kappa shape index (κ3) is 4.91. The van der Waals surface area contributed by atoms with Crippen LogP contribution in [0.15, 0.2) is 59.5 Å². The molecule has 32 heavy (non-hydrogen) atoms. The molecule has 0 amide bonds. The maximum atomic E-state index is 12.8. The molecule has 1 unspecified atom stereocenters. The molecule has 162 valence electrons. The van der Waals surface area contributed by atoms with Crippen LogP contribution >= 0.6 is 23.2 Å². The fourth-order valence-corrected chi connectivity index (χ4v) is 3.73. The molecular formula is C24H18Cl2N2O4. The van der Waals surface area contributed by atoms with Gasteiger partial charge in [0.25, 0.3) is 5.56 Å². The zero-order valence-corrected chi connectivity index (χ0v) is 18.8. The standard InChI is InChI=1S/C24H18Cl2N2O4/c1-14(22(29)10-15-3-6-19(21(26)9-15)24(31)32-2)28-8-7-16(11-23(28)30)20-12-18(25)5-4-17(20)13-27/h3-9,11-12,14H,10H2,1-2H3. The van der Waals surface area contributed by atoms with Crippen LogP contribution in [-0.2, 0) is 16.0 Å². The molecule has 8 heteroatoms. The van der Waals surface area contributed by atoms with Crippen LogP contribution in [0.25, 0.3) is 11.1 Å². The highest BCUT2D eigenvalue weighted by Crippen LogP contribution is 2.26. The van der Waals surface area contributed by atoms with Crippen molar-refractivity contribution in [3.8, 4) is 17.2 Å². The fraction of sp³-hybridized carbons (Fsp3) is 0.167. The molecule has 1 heterocycles. The van der Waals surface area contributed by atoms with Crippen molar-refractivity contribution in [3.63, 3.8) is 0 Å². The molecule has 1 atom stereocenters. The maximum Gasteiger partial charge on any atom is 0.339 e. The maximum absolute atomic E-state index is 12.8. The summed E-state index contributed by atoms with van der Waals surface area (Å²) >= 11 is 12.2. The van der Waals surface area contributed by atoms with Crippen LogP contribution in [-0.4, -0.2) is 23.4 Å². The van der Waals surface area contributed by atoms with Gasteiger partial charge in [-0.05, 0) is 54.4 Å². The molecule has 0 spiro atoms. The number of hydrogen-bond acceptors (Lipinski definition) is 5. The van der Waals surface area contributed by atoms with Gasteiger partial charge in [-0.2, -0.15) is 5.26 Å². The lowest BCUT2D eigenvalue weighted by molar-refractivity contribution is -0.121. The summed E-state index contributed by atoms with van der Waals surface area (Å²) < 4.78 is 5.98. The molecule has 0 radical (unpaired) electrons. The van der Waals surface area contributed by atoms with Crippen LogP contribution in [0.4, 0.5) is 0 Å². The van der Waals surface area contributed by atoms with Crippen molar-refractivity contribution in [1.82, 2.24) is 4.57 Å². The van der Waals surface area contributed by atoms with E-state index in [1.54, 1.807) is 37.3 Å². The van der Waals surface area contributed by atoms with E-state index in [1.165, 1.54) is 36.1 Å². The Hall–Kier alpha value is -3.40. The second-order valence-electron chi connectivity index (χ2n) is 7.09. The van der Waals surface area contributed by atoms with Crippen molar-refractivity contribution in [3.05, 3.63) is 91.8 Å². The summed E-state index contributed by atoms with van der Waals surface area (Å²) in [5.74, 6) is -0.769. The first-order chi connectivity index (χ1) is 15.2. The fourth-order valence-electron chi connectivity index (χ4n) is 3.28. The third-order valence-electron chi connectivity index (χ3n) is 5.06. The Balaban J connectivity index is 1.83. The average Bonchev–Trinajstić information content (AvgIpc) is 2.78. The van der Waals surface area contributed by atoms with Crippen molar-refractivity contribution >= 4 is 35.0 Å². The molecule has 0 aliphatic carbocycles. The van der Waals surface area contributed by atoms with E-state index in [-0.39, 0.29) is 28.3 Å². The summed E-state index contributed by atoms with van der Waals surface area (Å²) in [6, 6.07) is 13.9. The molecule has 3 aromatic rings. The lowest BCUT2D eigenvalue weighted by Crippen LogP contribution is -2.28. The number of rotatable bonds is 6. The lowest BCUT2D eigenvalue weighted by atomic mass is 10.0. The molecule has 1 aromatic heterocycles. The molecule has 0 fully saturated rings. The highest BCUT2D eigenvalue weighted by Gasteiger charge is 2.19. The van der Waals surface area contributed by atoms with Gasteiger partial charge in [0.2, 0.25) is 0 Å². The van der Waals surface area contributed by atoms with Crippen LogP contribution in [0.5, 0.6) is 0 Å². The van der Waals surface area contributed by atoms with Gasteiger partial charge in [-0.1, -0.05) is 29.3 Å². The zero-order valence-electron chi connectivity index (χ0n) is 17.3. The van der Waals surface area contributed by atoms with Crippen molar-refractivity contribution in [2.24, 2.45) is 0 Å². The summed E-state index contributed by atoms with van der Waals surface area (Å²) in [7, 11) is 1.26. The normalized spacial score (nSPS) is 11.5. The molecule has 6 nitrogen and oxygen atoms in total. The number of aromatic nitrogens is 1. The number of nitrogens with zero attached hydrogens (tertiary/aromatic N) is 2. The van der Waals surface area contributed by atoms with Gasteiger partial charge in [0, 0.05) is 29.3 Å². The smallest absolute Gasteiger partial charge is 0.339 e. The molecular weight excluding hydrogens is 451 g/mol. The molecule has 0 saturated heterocycles. The number of carbonyl (C=O) groups excluding carboxylic acids is 2. The molecule has 0 aliphatic rings. The summed E-state index contributed by atoms with van der Waals surface area (Å²) in [5.41, 5.74) is 1.91. The lowest BCUT2D eigenvalue weighted by Gasteiger charge is -2.15. The largest absolute Gasteiger partial charge is 0.465 e. The van der Waals surface area contributed by atoms with Crippen LogP contribution in [0.1, 0.15) is 34.5 Å². The Kier molecular flexibility index (Phi) is 7.14. The van der Waals surface area contributed by atoms with Crippen molar-refractivity contribution < 1.29 is 14.3 Å². The minimum atomic E-state index is -0.731. The van der Waals surface area contributed by atoms with E-state index in [2.05, 4.69) is 10.8 Å². The predicted molar refractivity (Wildman–Crippen MR) is 122 cm³/mol. The van der Waals surface area contributed by atoms with Gasteiger partial charge in [-0.3, -0.25) is 9.59 Å². The topological polar surface area (TPSA) is 89.2 Å². The van der Waals surface area contributed by atoms with E-state index in [0.29, 0.717) is 27.3 Å². The van der Waals surface area contributed by atoms with Crippen LogP contribution < -0.4 is 5.56 Å². The highest BCUT2D eigenvalue weighted by molar-refractivity contribution is 6.33. The quantitative estimate of drug-likeness (QED) is 0.482. The Labute approximate surface area is 194 Å². The number of methoxy groups -OCH3 is 1. The summed E-state index contributed by atoms with van der Waals surface area (Å²) in [6.45, 7) is 1.63. The Morgan fingerprint density at radius 2 is 1.88 bits per heavy atom. The van der Waals surface area contributed by atoms with Gasteiger partial charge in [0.05, 0.1) is 35.4 Å². The van der Waals surface area contributed by atoms with Gasteiger partial charge >= 0.3 is 5.97 Å². The van der Waals surface area contributed by atoms with Gasteiger partial charge in [-0.15, -0.1) is 0 Å². The zero-order chi connectivity index (χ0) is 23.4. The summed E-state index contributed by atoms with van der Waals surface area (Å²) in [4.78, 5) is 37.2. The number of Topliss-reactive ketones (excluding diaryl/α,β-unsaturated/α-hetero) is 1. The number of esters is 1. The van der Waals surface area contributed by atoms with E-state index >= 15 is 0 Å². The summed E-state index contributed by atoms with van der Waals surface area (Å²) in [5, 5.41) is 9.95. The number of benzene rings is 2. The molecule has 3 rings (SSSR count). The first-order valence-electron chi connectivity index (χ1n) is 9.56. The van der Waals surface area contributed by atoms with Gasteiger partial charge in [-0.25, -0.2) is 4.79 Å². The predicted octanol–water partition coefficient (Wildman–Crippen LogP) is 4.85. The van der Waals surface area contributed by atoms with Gasteiger partial charge < -0.3 is 9.30 Å². The van der Waals surface area contributed by atoms with Crippen molar-refractivity contribution in [2.75, 3.05) is 7.11 Å². The van der Waals surface area contributed by atoms with E-state index in [4.69, 9.17) is 23.2 Å².